The lowest BCUT2D eigenvalue weighted by Crippen LogP contribution is -2.02. The highest BCUT2D eigenvalue weighted by Gasteiger charge is 2.16. The molecule has 1 heterocycles. The zero-order valence-electron chi connectivity index (χ0n) is 9.69. The maximum atomic E-state index is 11.0. The monoisotopic (exact) mass is 316 g/mol. The number of thiazole rings is 1. The molecule has 1 aromatic heterocycles. The maximum Gasteiger partial charge on any atom is 0.355 e. The molecule has 0 atom stereocenters. The largest absolute Gasteiger partial charge is 0.476 e. The number of nitrogen functional groups attached to an aromatic ring is 1. The normalized spacial score (nSPS) is 10.6. The molecule has 0 aliphatic carbocycles. The lowest BCUT2D eigenvalue weighted by molar-refractivity contribution is 0.0690. The molecule has 2 rings (SSSR count). The highest BCUT2D eigenvalue weighted by Crippen LogP contribution is 2.26. The van der Waals surface area contributed by atoms with Crippen LogP contribution in [0.1, 0.15) is 20.9 Å². The molecule has 0 aliphatic heterocycles. The van der Waals surface area contributed by atoms with Crippen molar-refractivity contribution >= 4 is 45.6 Å². The first-order valence-corrected chi connectivity index (χ1v) is 6.97. The number of carboxylic acids is 1. The van der Waals surface area contributed by atoms with Gasteiger partial charge in [0.15, 0.2) is 10.8 Å². The zero-order chi connectivity index (χ0) is 14.0. The number of carboxylic acid groups (broad SMARTS) is 1. The van der Waals surface area contributed by atoms with Crippen LogP contribution in [0.25, 0.3) is 0 Å². The summed E-state index contributed by atoms with van der Waals surface area (Å²) in [5.41, 5.74) is 6.47. The Balaban J connectivity index is 2.16. The molecular weight excluding hydrogens is 307 g/mol. The van der Waals surface area contributed by atoms with Gasteiger partial charge in [-0.05, 0) is 30.5 Å². The summed E-state index contributed by atoms with van der Waals surface area (Å²) in [7, 11) is 0. The SMILES string of the molecule is Nc1nc(C(=O)O)c(CCc2ccc(Cl)cc2Cl)s1. The molecule has 3 N–H and O–H groups in total. The molecule has 0 saturated heterocycles. The summed E-state index contributed by atoms with van der Waals surface area (Å²) in [6.45, 7) is 0. The Morgan fingerprint density at radius 1 is 1.37 bits per heavy atom. The third-order valence-corrected chi connectivity index (χ3v) is 4.08. The van der Waals surface area contributed by atoms with E-state index in [1.165, 1.54) is 11.3 Å². The number of nitrogens with two attached hydrogens (primary N) is 1. The van der Waals surface area contributed by atoms with E-state index >= 15 is 0 Å². The van der Waals surface area contributed by atoms with Gasteiger partial charge < -0.3 is 10.8 Å². The molecule has 0 fully saturated rings. The number of halogens is 2. The van der Waals surface area contributed by atoms with Gasteiger partial charge in [0.05, 0.1) is 0 Å². The minimum absolute atomic E-state index is 0.0209. The molecule has 1 aromatic carbocycles. The standard InChI is InChI=1S/C12H10Cl2N2O2S/c13-7-3-1-6(8(14)5-7)2-4-9-10(11(17)18)16-12(15)19-9/h1,3,5H,2,4H2,(H2,15,16)(H,17,18). The zero-order valence-corrected chi connectivity index (χ0v) is 12.0. The number of nitrogens with zero attached hydrogens (tertiary/aromatic N) is 1. The molecule has 0 unspecified atom stereocenters. The summed E-state index contributed by atoms with van der Waals surface area (Å²) in [6, 6.07) is 5.25. The van der Waals surface area contributed by atoms with E-state index < -0.39 is 5.97 Å². The molecule has 0 saturated carbocycles. The fourth-order valence-corrected chi connectivity index (χ4v) is 3.01. The van der Waals surface area contributed by atoms with Crippen LogP contribution in [-0.2, 0) is 12.8 Å². The number of hydrogen-bond donors (Lipinski definition) is 2. The van der Waals surface area contributed by atoms with Crippen LogP contribution in [0.15, 0.2) is 18.2 Å². The van der Waals surface area contributed by atoms with Crippen molar-refractivity contribution in [2.24, 2.45) is 0 Å². The summed E-state index contributed by atoms with van der Waals surface area (Å²) < 4.78 is 0. The maximum absolute atomic E-state index is 11.0. The minimum atomic E-state index is -1.06. The average Bonchev–Trinajstić information content (AvgIpc) is 2.69. The first-order chi connectivity index (χ1) is 8.97. The Morgan fingerprint density at radius 2 is 2.11 bits per heavy atom. The van der Waals surface area contributed by atoms with Gasteiger partial charge in [-0.25, -0.2) is 9.78 Å². The van der Waals surface area contributed by atoms with Gasteiger partial charge in [-0.3, -0.25) is 0 Å². The van der Waals surface area contributed by atoms with Gasteiger partial charge in [-0.15, -0.1) is 11.3 Å². The third kappa shape index (κ3) is 3.37. The second kappa shape index (κ2) is 5.77. The molecule has 4 nitrogen and oxygen atoms in total. The van der Waals surface area contributed by atoms with Crippen LogP contribution >= 0.6 is 34.5 Å². The van der Waals surface area contributed by atoms with Gasteiger partial charge in [0, 0.05) is 14.9 Å². The van der Waals surface area contributed by atoms with Crippen molar-refractivity contribution < 1.29 is 9.90 Å². The molecule has 0 aliphatic rings. The Labute approximate surface area is 123 Å². The molecule has 100 valence electrons. The van der Waals surface area contributed by atoms with Crippen LogP contribution in [-0.4, -0.2) is 16.1 Å². The number of carbonyl (C=O) groups is 1. The van der Waals surface area contributed by atoms with Crippen molar-refractivity contribution in [2.45, 2.75) is 12.8 Å². The first kappa shape index (κ1) is 14.1. The van der Waals surface area contributed by atoms with Gasteiger partial charge in [-0.1, -0.05) is 29.3 Å². The van der Waals surface area contributed by atoms with E-state index in [1.54, 1.807) is 12.1 Å². The van der Waals surface area contributed by atoms with E-state index in [2.05, 4.69) is 4.98 Å². The van der Waals surface area contributed by atoms with Crippen molar-refractivity contribution in [3.05, 3.63) is 44.4 Å². The topological polar surface area (TPSA) is 76.2 Å². The molecular formula is C12H10Cl2N2O2S. The van der Waals surface area contributed by atoms with Crippen molar-refractivity contribution in [1.82, 2.24) is 4.98 Å². The van der Waals surface area contributed by atoms with Crippen molar-refractivity contribution in [3.8, 4) is 0 Å². The predicted molar refractivity (Wildman–Crippen MR) is 77.4 cm³/mol. The molecule has 0 spiro atoms. The molecule has 0 radical (unpaired) electrons. The van der Waals surface area contributed by atoms with Gasteiger partial charge in [0.25, 0.3) is 0 Å². The van der Waals surface area contributed by atoms with E-state index in [4.69, 9.17) is 34.0 Å². The van der Waals surface area contributed by atoms with Crippen LogP contribution < -0.4 is 5.73 Å². The quantitative estimate of drug-likeness (QED) is 0.904. The molecule has 0 amide bonds. The summed E-state index contributed by atoms with van der Waals surface area (Å²) in [5, 5.41) is 10.4. The predicted octanol–water partition coefficient (Wildman–Crippen LogP) is 3.52. The van der Waals surface area contributed by atoms with E-state index in [0.717, 1.165) is 5.56 Å². The number of hydrogen-bond acceptors (Lipinski definition) is 4. The van der Waals surface area contributed by atoms with Crippen LogP contribution in [0.2, 0.25) is 10.0 Å². The number of aromatic carboxylic acids is 1. The van der Waals surface area contributed by atoms with E-state index in [1.807, 2.05) is 6.07 Å². The number of anilines is 1. The fourth-order valence-electron chi connectivity index (χ4n) is 1.68. The van der Waals surface area contributed by atoms with Crippen LogP contribution in [0.4, 0.5) is 5.13 Å². The van der Waals surface area contributed by atoms with Crippen LogP contribution in [0, 0.1) is 0 Å². The molecule has 2 aromatic rings. The van der Waals surface area contributed by atoms with E-state index in [9.17, 15) is 4.79 Å². The highest BCUT2D eigenvalue weighted by molar-refractivity contribution is 7.15. The Bertz CT molecular complexity index is 628. The molecule has 0 bridgehead atoms. The van der Waals surface area contributed by atoms with Crippen molar-refractivity contribution in [3.63, 3.8) is 0 Å². The molecule has 7 heteroatoms. The van der Waals surface area contributed by atoms with E-state index in [-0.39, 0.29) is 10.8 Å². The second-order valence-electron chi connectivity index (χ2n) is 3.86. The van der Waals surface area contributed by atoms with Gasteiger partial charge >= 0.3 is 5.97 Å². The Hall–Kier alpha value is -1.30. The van der Waals surface area contributed by atoms with Crippen molar-refractivity contribution in [2.75, 3.05) is 5.73 Å². The van der Waals surface area contributed by atoms with Crippen LogP contribution in [0.3, 0.4) is 0 Å². The number of benzene rings is 1. The lowest BCUT2D eigenvalue weighted by atomic mass is 10.1. The highest BCUT2D eigenvalue weighted by atomic mass is 35.5. The first-order valence-electron chi connectivity index (χ1n) is 5.39. The van der Waals surface area contributed by atoms with Crippen molar-refractivity contribution in [1.29, 1.82) is 0 Å². The van der Waals surface area contributed by atoms with Gasteiger partial charge in [-0.2, -0.15) is 0 Å². The fraction of sp³-hybridized carbons (Fsp3) is 0.167. The van der Waals surface area contributed by atoms with Gasteiger partial charge in [0.2, 0.25) is 0 Å². The summed E-state index contributed by atoms with van der Waals surface area (Å²) in [5.74, 6) is -1.06. The second-order valence-corrected chi connectivity index (χ2v) is 5.82. The summed E-state index contributed by atoms with van der Waals surface area (Å²) in [4.78, 5) is 15.5. The Morgan fingerprint density at radius 3 is 2.74 bits per heavy atom. The number of rotatable bonds is 4. The Kier molecular flexibility index (Phi) is 4.29. The number of aromatic nitrogens is 1. The van der Waals surface area contributed by atoms with Gasteiger partial charge in [0.1, 0.15) is 0 Å². The molecule has 19 heavy (non-hydrogen) atoms. The minimum Gasteiger partial charge on any atom is -0.476 e. The lowest BCUT2D eigenvalue weighted by Gasteiger charge is -2.04. The summed E-state index contributed by atoms with van der Waals surface area (Å²) >= 11 is 13.1. The number of aryl methyl sites for hydroxylation is 2. The average molecular weight is 317 g/mol. The smallest absolute Gasteiger partial charge is 0.355 e. The summed E-state index contributed by atoms with van der Waals surface area (Å²) in [6.07, 6.45) is 1.13. The van der Waals surface area contributed by atoms with E-state index in [0.29, 0.717) is 27.8 Å². The third-order valence-electron chi connectivity index (χ3n) is 2.55. The van der Waals surface area contributed by atoms with Crippen LogP contribution in [0.5, 0.6) is 0 Å².